The fourth-order valence-electron chi connectivity index (χ4n) is 2.30. The van der Waals surface area contributed by atoms with Crippen LogP contribution in [0, 0.1) is 0 Å². The topological polar surface area (TPSA) is 0 Å². The molecule has 0 radical (unpaired) electrons. The fraction of sp³-hybridized carbons (Fsp3) is 0.0526. The van der Waals surface area contributed by atoms with E-state index in [0.717, 1.165) is 26.8 Å². The second-order valence-corrected chi connectivity index (χ2v) is 6.98. The van der Waals surface area contributed by atoms with Crippen LogP contribution in [0.3, 0.4) is 0 Å². The molecular weight excluding hydrogens is 397 g/mol. The summed E-state index contributed by atoms with van der Waals surface area (Å²) in [6.45, 7) is 0. The smallest absolute Gasteiger partial charge is 0.416 e. The molecule has 0 saturated carbocycles. The van der Waals surface area contributed by atoms with Crippen LogP contribution in [-0.2, 0) is 17.1 Å². The van der Waals surface area contributed by atoms with Crippen LogP contribution in [0.1, 0.15) is 5.56 Å². The third-order valence-electron chi connectivity index (χ3n) is 3.38. The van der Waals surface area contributed by atoms with Crippen molar-refractivity contribution < 1.29 is 30.2 Å². The van der Waals surface area contributed by atoms with E-state index in [1.807, 2.05) is 60.7 Å². The molecule has 0 N–H and O–H groups in total. The quantitative estimate of drug-likeness (QED) is 0.582. The Morgan fingerprint density at radius 3 is 1.29 bits per heavy atom. The van der Waals surface area contributed by atoms with Crippen molar-refractivity contribution in [1.82, 2.24) is 0 Å². The van der Waals surface area contributed by atoms with Crippen molar-refractivity contribution in [3.63, 3.8) is 0 Å². The molecule has 0 unspecified atom stereocenters. The number of alkyl halides is 3. The monoisotopic (exact) mass is 410 g/mol. The van der Waals surface area contributed by atoms with Crippen molar-refractivity contribution in [2.24, 2.45) is 0 Å². The van der Waals surface area contributed by atoms with Crippen LogP contribution in [-0.4, -0.2) is 0 Å². The predicted octanol–water partition coefficient (Wildman–Crippen LogP) is 2.80. The van der Waals surface area contributed by atoms with Gasteiger partial charge in [0, 0.05) is 0 Å². The van der Waals surface area contributed by atoms with E-state index in [2.05, 4.69) is 0 Å². The molecule has 0 nitrogen and oxygen atoms in total. The first-order valence-electron chi connectivity index (χ1n) is 7.07. The second-order valence-electron chi connectivity index (χ2n) is 4.95. The Morgan fingerprint density at radius 1 is 0.542 bits per heavy atom. The third-order valence-corrected chi connectivity index (χ3v) is 5.61. The highest BCUT2D eigenvalue weighted by molar-refractivity contribution is 7.97. The zero-order valence-corrected chi connectivity index (χ0v) is 14.9. The molecule has 5 heteroatoms. The van der Waals surface area contributed by atoms with E-state index in [4.69, 9.17) is 0 Å². The van der Waals surface area contributed by atoms with Crippen LogP contribution in [0.25, 0.3) is 0 Å². The van der Waals surface area contributed by atoms with Crippen molar-refractivity contribution in [3.8, 4) is 0 Å². The van der Waals surface area contributed by atoms with Gasteiger partial charge in [0.15, 0.2) is 14.7 Å². The maximum absolute atomic E-state index is 12.8. The number of halogens is 4. The summed E-state index contributed by atoms with van der Waals surface area (Å²) in [5.41, 5.74) is -0.620. The van der Waals surface area contributed by atoms with Crippen molar-refractivity contribution in [3.05, 3.63) is 90.5 Å². The van der Waals surface area contributed by atoms with E-state index in [9.17, 15) is 13.2 Å². The lowest BCUT2D eigenvalue weighted by atomic mass is 10.2. The molecule has 124 valence electrons. The maximum Gasteiger partial charge on any atom is 0.416 e. The van der Waals surface area contributed by atoms with Crippen molar-refractivity contribution >= 4 is 10.9 Å². The van der Waals surface area contributed by atoms with Crippen LogP contribution >= 0.6 is 0 Å². The van der Waals surface area contributed by atoms with Gasteiger partial charge in [-0.05, 0) is 48.5 Å². The average Bonchev–Trinajstić information content (AvgIpc) is 2.57. The van der Waals surface area contributed by atoms with Gasteiger partial charge in [-0.15, -0.1) is 0 Å². The fourth-order valence-corrected chi connectivity index (χ4v) is 4.38. The SMILES string of the molecule is FC(F)(F)c1ccc([S+](c2ccccc2)c2ccccc2)cc1.[Br-]. The molecular formula is C19H14BrF3S. The van der Waals surface area contributed by atoms with E-state index in [1.54, 1.807) is 12.1 Å². The first-order chi connectivity index (χ1) is 11.1. The molecule has 0 aliphatic carbocycles. The predicted molar refractivity (Wildman–Crippen MR) is 86.5 cm³/mol. The zero-order chi connectivity index (χ0) is 16.3. The Kier molecular flexibility index (Phi) is 6.13. The Morgan fingerprint density at radius 2 is 0.917 bits per heavy atom. The van der Waals surface area contributed by atoms with E-state index in [1.165, 1.54) is 0 Å². The molecule has 0 saturated heterocycles. The molecule has 24 heavy (non-hydrogen) atoms. The van der Waals surface area contributed by atoms with Crippen molar-refractivity contribution in [1.29, 1.82) is 0 Å². The van der Waals surface area contributed by atoms with E-state index < -0.39 is 22.6 Å². The summed E-state index contributed by atoms with van der Waals surface area (Å²) in [4.78, 5) is 3.03. The molecule has 0 aliphatic rings. The minimum atomic E-state index is -4.31. The highest BCUT2D eigenvalue weighted by atomic mass is 79.9. The highest BCUT2D eigenvalue weighted by Crippen LogP contribution is 2.34. The lowest BCUT2D eigenvalue weighted by molar-refractivity contribution is -0.137. The van der Waals surface area contributed by atoms with Crippen LogP contribution in [0.2, 0.25) is 0 Å². The average molecular weight is 411 g/mol. The van der Waals surface area contributed by atoms with Gasteiger partial charge in [-0.25, -0.2) is 0 Å². The molecule has 0 heterocycles. The van der Waals surface area contributed by atoms with Crippen LogP contribution in [0.15, 0.2) is 99.6 Å². The number of benzene rings is 3. The van der Waals surface area contributed by atoms with Gasteiger partial charge in [-0.2, -0.15) is 13.2 Å². The summed E-state index contributed by atoms with van der Waals surface area (Å²) in [6, 6.07) is 25.1. The van der Waals surface area contributed by atoms with Gasteiger partial charge in [-0.1, -0.05) is 36.4 Å². The molecule has 0 amide bonds. The first-order valence-corrected chi connectivity index (χ1v) is 8.30. The standard InChI is InChI=1S/C19H14F3S.BrH/c20-19(21,22)15-11-13-18(14-12-15)23(16-7-3-1-4-8-16)17-9-5-2-6-10-17;/h1-14H;1H/q+1;/p-1. The normalized spacial score (nSPS) is 11.2. The highest BCUT2D eigenvalue weighted by Gasteiger charge is 2.33. The summed E-state index contributed by atoms with van der Waals surface area (Å²) < 4.78 is 38.3. The summed E-state index contributed by atoms with van der Waals surface area (Å²) in [5, 5.41) is 0. The van der Waals surface area contributed by atoms with Gasteiger partial charge in [0.25, 0.3) is 0 Å². The maximum atomic E-state index is 12.8. The van der Waals surface area contributed by atoms with Gasteiger partial charge >= 0.3 is 6.18 Å². The largest absolute Gasteiger partial charge is 1.00 e. The number of hydrogen-bond acceptors (Lipinski definition) is 0. The van der Waals surface area contributed by atoms with Crippen LogP contribution in [0.5, 0.6) is 0 Å². The second kappa shape index (κ2) is 7.90. The Bertz CT molecular complexity index is 717. The molecule has 0 aliphatic heterocycles. The van der Waals surface area contributed by atoms with E-state index >= 15 is 0 Å². The molecule has 3 aromatic carbocycles. The van der Waals surface area contributed by atoms with Gasteiger partial charge in [0.05, 0.1) is 16.5 Å². The van der Waals surface area contributed by atoms with Crippen LogP contribution < -0.4 is 17.0 Å². The Labute approximate surface area is 152 Å². The first kappa shape index (κ1) is 18.6. The van der Waals surface area contributed by atoms with Gasteiger partial charge in [-0.3, -0.25) is 0 Å². The molecule has 3 rings (SSSR count). The molecule has 0 fully saturated rings. The molecule has 0 atom stereocenters. The Balaban J connectivity index is 0.00000208. The van der Waals surface area contributed by atoms with Crippen molar-refractivity contribution in [2.75, 3.05) is 0 Å². The molecule has 0 aromatic heterocycles. The molecule has 0 bridgehead atoms. The minimum absolute atomic E-state index is 0. The zero-order valence-electron chi connectivity index (χ0n) is 12.5. The summed E-state index contributed by atoms with van der Waals surface area (Å²) in [7, 11) is -0.417. The minimum Gasteiger partial charge on any atom is -1.00 e. The molecule has 0 spiro atoms. The van der Waals surface area contributed by atoms with E-state index in [0.29, 0.717) is 0 Å². The molecule has 3 aromatic rings. The van der Waals surface area contributed by atoms with Crippen LogP contribution in [0.4, 0.5) is 13.2 Å². The summed E-state index contributed by atoms with van der Waals surface area (Å²) >= 11 is 0. The van der Waals surface area contributed by atoms with Gasteiger partial charge in [0.1, 0.15) is 0 Å². The lowest BCUT2D eigenvalue weighted by Crippen LogP contribution is -3.00. The Hall–Kier alpha value is -1.72. The van der Waals surface area contributed by atoms with Gasteiger partial charge < -0.3 is 17.0 Å². The van der Waals surface area contributed by atoms with Gasteiger partial charge in [0.2, 0.25) is 0 Å². The summed E-state index contributed by atoms with van der Waals surface area (Å²) in [5.74, 6) is 0. The summed E-state index contributed by atoms with van der Waals surface area (Å²) in [6.07, 6.45) is -4.31. The number of hydrogen-bond donors (Lipinski definition) is 0. The number of rotatable bonds is 3. The third kappa shape index (κ3) is 4.22. The van der Waals surface area contributed by atoms with Crippen molar-refractivity contribution in [2.45, 2.75) is 20.9 Å². The van der Waals surface area contributed by atoms with E-state index in [-0.39, 0.29) is 17.0 Å². The lowest BCUT2D eigenvalue weighted by Gasteiger charge is -2.10.